The zero-order chi connectivity index (χ0) is 17.0. The van der Waals surface area contributed by atoms with Crippen molar-refractivity contribution in [2.24, 2.45) is 11.0 Å². The number of hydrazone groups is 1. The Kier molecular flexibility index (Phi) is 5.48. The second-order valence-corrected chi connectivity index (χ2v) is 5.95. The number of nitro groups is 1. The highest BCUT2D eigenvalue weighted by atomic mass is 79.9. The molecule has 0 aliphatic carbocycles. The number of benzene rings is 1. The molecular formula is C13H14BrFN4O4. The maximum Gasteiger partial charge on any atom is 0.407 e. The zero-order valence-electron chi connectivity index (χ0n) is 11.9. The fraction of sp³-hybridized carbons (Fsp3) is 0.385. The molecule has 10 heteroatoms. The van der Waals surface area contributed by atoms with E-state index < -0.39 is 22.5 Å². The lowest BCUT2D eigenvalue weighted by atomic mass is 9.99. The average molecular weight is 389 g/mol. The molecule has 1 heterocycles. The standard InChI is InChI=1S/C13H14BrFN4O4/c14-9-5-10(15)12(19(22)23)11(6-9)17-16-7-8-1-3-18(4-2-8)13(20)21/h5-8,17H,1-4H2,(H,20,21). The van der Waals surface area contributed by atoms with Crippen LogP contribution in [0.3, 0.4) is 0 Å². The number of likely N-dealkylation sites (tertiary alicyclic amines) is 1. The van der Waals surface area contributed by atoms with Crippen LogP contribution in [0.25, 0.3) is 0 Å². The number of anilines is 1. The number of halogens is 2. The third kappa shape index (κ3) is 4.38. The normalized spacial score (nSPS) is 15.8. The number of nitrogens with zero attached hydrogens (tertiary/aromatic N) is 3. The van der Waals surface area contributed by atoms with Crippen LogP contribution < -0.4 is 5.43 Å². The average Bonchev–Trinajstić information content (AvgIpc) is 2.46. The maximum atomic E-state index is 13.6. The van der Waals surface area contributed by atoms with Crippen LogP contribution in [0.15, 0.2) is 21.7 Å². The van der Waals surface area contributed by atoms with Gasteiger partial charge in [-0.15, -0.1) is 0 Å². The molecule has 23 heavy (non-hydrogen) atoms. The molecule has 1 aliphatic rings. The molecule has 2 rings (SSSR count). The van der Waals surface area contributed by atoms with E-state index in [1.54, 1.807) is 6.21 Å². The molecule has 124 valence electrons. The topological polar surface area (TPSA) is 108 Å². The summed E-state index contributed by atoms with van der Waals surface area (Å²) in [4.78, 5) is 22.2. The molecule has 1 aliphatic heterocycles. The van der Waals surface area contributed by atoms with Crippen LogP contribution in [0.1, 0.15) is 12.8 Å². The minimum Gasteiger partial charge on any atom is -0.465 e. The van der Waals surface area contributed by atoms with Gasteiger partial charge in [-0.05, 0) is 30.9 Å². The fourth-order valence-corrected chi connectivity index (χ4v) is 2.72. The Hall–Kier alpha value is -2.23. The Morgan fingerprint density at radius 1 is 1.52 bits per heavy atom. The molecule has 1 saturated heterocycles. The SMILES string of the molecule is O=C(O)N1CCC(C=NNc2cc(Br)cc(F)c2[N+](=O)[O-])CC1. The van der Waals surface area contributed by atoms with E-state index in [9.17, 15) is 19.3 Å². The van der Waals surface area contributed by atoms with E-state index >= 15 is 0 Å². The lowest BCUT2D eigenvalue weighted by Crippen LogP contribution is -2.37. The quantitative estimate of drug-likeness (QED) is 0.467. The largest absolute Gasteiger partial charge is 0.465 e. The summed E-state index contributed by atoms with van der Waals surface area (Å²) in [6, 6.07) is 2.38. The molecule has 2 N–H and O–H groups in total. The van der Waals surface area contributed by atoms with Gasteiger partial charge in [-0.25, -0.2) is 4.79 Å². The maximum absolute atomic E-state index is 13.6. The number of nitro benzene ring substituents is 1. The van der Waals surface area contributed by atoms with Crippen molar-refractivity contribution in [2.45, 2.75) is 12.8 Å². The number of hydrogen-bond acceptors (Lipinski definition) is 5. The first kappa shape index (κ1) is 17.1. The summed E-state index contributed by atoms with van der Waals surface area (Å²) < 4.78 is 14.0. The van der Waals surface area contributed by atoms with Crippen molar-refractivity contribution in [1.82, 2.24) is 4.90 Å². The van der Waals surface area contributed by atoms with Gasteiger partial charge >= 0.3 is 11.8 Å². The predicted molar refractivity (Wildman–Crippen MR) is 85.2 cm³/mol. The number of nitrogens with one attached hydrogen (secondary N) is 1. The molecule has 1 aromatic carbocycles. The first-order chi connectivity index (χ1) is 10.9. The molecule has 1 amide bonds. The summed E-state index contributed by atoms with van der Waals surface area (Å²) in [6.07, 6.45) is 1.86. The van der Waals surface area contributed by atoms with Crippen molar-refractivity contribution in [1.29, 1.82) is 0 Å². The summed E-state index contributed by atoms with van der Waals surface area (Å²) in [5.74, 6) is -0.897. The highest BCUT2D eigenvalue weighted by Crippen LogP contribution is 2.31. The summed E-state index contributed by atoms with van der Waals surface area (Å²) in [5, 5.41) is 23.7. The van der Waals surface area contributed by atoms with Gasteiger partial charge in [-0.1, -0.05) is 15.9 Å². The van der Waals surface area contributed by atoms with Crippen LogP contribution in [0.4, 0.5) is 20.6 Å². The van der Waals surface area contributed by atoms with Crippen molar-refractivity contribution in [2.75, 3.05) is 18.5 Å². The third-order valence-electron chi connectivity index (χ3n) is 3.49. The van der Waals surface area contributed by atoms with Crippen LogP contribution in [0.2, 0.25) is 0 Å². The second-order valence-electron chi connectivity index (χ2n) is 5.04. The smallest absolute Gasteiger partial charge is 0.407 e. The predicted octanol–water partition coefficient (Wildman–Crippen LogP) is 3.28. The van der Waals surface area contributed by atoms with Crippen molar-refractivity contribution < 1.29 is 19.2 Å². The van der Waals surface area contributed by atoms with Gasteiger partial charge in [0.05, 0.1) is 4.92 Å². The second kappa shape index (κ2) is 7.36. The molecule has 0 aromatic heterocycles. The molecule has 0 saturated carbocycles. The monoisotopic (exact) mass is 388 g/mol. The van der Waals surface area contributed by atoms with Crippen LogP contribution in [0.5, 0.6) is 0 Å². The summed E-state index contributed by atoms with van der Waals surface area (Å²) >= 11 is 3.07. The molecule has 0 radical (unpaired) electrons. The van der Waals surface area contributed by atoms with Crippen molar-refractivity contribution >= 4 is 39.6 Å². The van der Waals surface area contributed by atoms with E-state index in [0.29, 0.717) is 30.4 Å². The Balaban J connectivity index is 2.01. The van der Waals surface area contributed by atoms with Crippen molar-refractivity contribution in [3.8, 4) is 0 Å². The summed E-state index contributed by atoms with van der Waals surface area (Å²) in [6.45, 7) is 0.829. The molecule has 8 nitrogen and oxygen atoms in total. The van der Waals surface area contributed by atoms with Gasteiger partial charge in [0.1, 0.15) is 5.69 Å². The molecule has 0 bridgehead atoms. The van der Waals surface area contributed by atoms with Gasteiger partial charge in [0, 0.05) is 23.8 Å². The first-order valence-electron chi connectivity index (χ1n) is 6.79. The number of carbonyl (C=O) groups is 1. The molecule has 0 atom stereocenters. The number of amides is 1. The van der Waals surface area contributed by atoms with E-state index in [4.69, 9.17) is 5.11 Å². The van der Waals surface area contributed by atoms with E-state index in [-0.39, 0.29) is 11.6 Å². The van der Waals surface area contributed by atoms with Crippen LogP contribution in [-0.2, 0) is 0 Å². The molecule has 1 fully saturated rings. The Morgan fingerprint density at radius 3 is 2.74 bits per heavy atom. The van der Waals surface area contributed by atoms with E-state index in [2.05, 4.69) is 26.5 Å². The highest BCUT2D eigenvalue weighted by molar-refractivity contribution is 9.10. The van der Waals surface area contributed by atoms with Gasteiger partial charge in [-0.2, -0.15) is 9.49 Å². The Morgan fingerprint density at radius 2 is 2.17 bits per heavy atom. The van der Waals surface area contributed by atoms with Crippen molar-refractivity contribution in [3.63, 3.8) is 0 Å². The van der Waals surface area contributed by atoms with Gasteiger partial charge in [-0.3, -0.25) is 15.5 Å². The van der Waals surface area contributed by atoms with E-state index in [1.807, 2.05) is 0 Å². The van der Waals surface area contributed by atoms with E-state index in [0.717, 1.165) is 6.07 Å². The third-order valence-corrected chi connectivity index (χ3v) is 3.95. The van der Waals surface area contributed by atoms with Crippen LogP contribution in [-0.4, -0.2) is 40.3 Å². The van der Waals surface area contributed by atoms with E-state index in [1.165, 1.54) is 11.0 Å². The van der Waals surface area contributed by atoms with Gasteiger partial charge in [0.25, 0.3) is 0 Å². The van der Waals surface area contributed by atoms with Crippen LogP contribution in [0, 0.1) is 21.8 Å². The van der Waals surface area contributed by atoms with Gasteiger partial charge in [0.2, 0.25) is 5.82 Å². The number of rotatable bonds is 4. The number of piperidine rings is 1. The molecular weight excluding hydrogens is 375 g/mol. The van der Waals surface area contributed by atoms with Crippen LogP contribution >= 0.6 is 15.9 Å². The van der Waals surface area contributed by atoms with Gasteiger partial charge < -0.3 is 10.0 Å². The Labute approximate surface area is 139 Å². The fourth-order valence-electron chi connectivity index (χ4n) is 2.29. The zero-order valence-corrected chi connectivity index (χ0v) is 13.5. The molecule has 1 aromatic rings. The molecule has 0 spiro atoms. The number of carboxylic acid groups (broad SMARTS) is 1. The van der Waals surface area contributed by atoms with Crippen molar-refractivity contribution in [3.05, 3.63) is 32.5 Å². The number of hydrogen-bond donors (Lipinski definition) is 2. The Bertz CT molecular complexity index is 647. The first-order valence-corrected chi connectivity index (χ1v) is 7.58. The summed E-state index contributed by atoms with van der Waals surface area (Å²) in [5.41, 5.74) is 1.76. The minimum absolute atomic E-state index is 0.0545. The highest BCUT2D eigenvalue weighted by Gasteiger charge is 2.22. The minimum atomic E-state index is -0.961. The van der Waals surface area contributed by atoms with Gasteiger partial charge in [0.15, 0.2) is 0 Å². The molecule has 0 unspecified atom stereocenters. The summed E-state index contributed by atoms with van der Waals surface area (Å²) in [7, 11) is 0. The lowest BCUT2D eigenvalue weighted by Gasteiger charge is -2.27. The lowest BCUT2D eigenvalue weighted by molar-refractivity contribution is -0.386.